The van der Waals surface area contributed by atoms with E-state index in [4.69, 9.17) is 13.8 Å². The van der Waals surface area contributed by atoms with E-state index in [1.807, 2.05) is 36.4 Å². The monoisotopic (exact) mass is 694 g/mol. The highest BCUT2D eigenvalue weighted by Gasteiger charge is 2.37. The number of benzene rings is 8. The first-order valence-electron chi connectivity index (χ1n) is 18.4. The van der Waals surface area contributed by atoms with Crippen LogP contribution in [0.25, 0.3) is 77.5 Å². The fourth-order valence-corrected chi connectivity index (χ4v) is 8.57. The number of oxazole rings is 1. The van der Waals surface area contributed by atoms with Gasteiger partial charge in [-0.15, -0.1) is 0 Å². The van der Waals surface area contributed by atoms with Crippen molar-refractivity contribution in [1.29, 1.82) is 0 Å². The number of furan rings is 1. The van der Waals surface area contributed by atoms with Crippen molar-refractivity contribution in [3.8, 4) is 33.7 Å². The van der Waals surface area contributed by atoms with E-state index in [1.54, 1.807) is 0 Å². The Bertz CT molecular complexity index is 3100. The summed E-state index contributed by atoms with van der Waals surface area (Å²) in [5.74, 6) is 0.603. The second-order valence-corrected chi connectivity index (χ2v) is 14.8. The average Bonchev–Trinajstić information content (AvgIpc) is 3.87. The van der Waals surface area contributed by atoms with Crippen molar-refractivity contribution < 1.29 is 8.83 Å². The molecular formula is C50H34N2O2. The van der Waals surface area contributed by atoms with Gasteiger partial charge in [0.15, 0.2) is 5.58 Å². The van der Waals surface area contributed by atoms with Gasteiger partial charge in [0.05, 0.1) is 5.69 Å². The molecule has 8 aromatic carbocycles. The summed E-state index contributed by atoms with van der Waals surface area (Å²) in [7, 11) is 0. The van der Waals surface area contributed by atoms with Crippen LogP contribution in [0.1, 0.15) is 25.0 Å². The molecule has 2 aromatic heterocycles. The summed E-state index contributed by atoms with van der Waals surface area (Å²) in [6, 6.07) is 60.4. The molecule has 4 heteroatoms. The third kappa shape index (κ3) is 4.66. The summed E-state index contributed by atoms with van der Waals surface area (Å²) in [6.45, 7) is 4.67. The first-order chi connectivity index (χ1) is 26.5. The number of hydrogen-bond acceptors (Lipinski definition) is 4. The summed E-state index contributed by atoms with van der Waals surface area (Å²) in [5.41, 5.74) is 14.7. The molecule has 0 bridgehead atoms. The van der Waals surface area contributed by atoms with E-state index in [2.05, 4.69) is 152 Å². The fourth-order valence-electron chi connectivity index (χ4n) is 8.57. The van der Waals surface area contributed by atoms with E-state index in [1.165, 1.54) is 38.6 Å². The molecule has 256 valence electrons. The summed E-state index contributed by atoms with van der Waals surface area (Å²) in [4.78, 5) is 7.24. The predicted octanol–water partition coefficient (Wildman–Crippen LogP) is 14.0. The van der Waals surface area contributed by atoms with Gasteiger partial charge in [0.2, 0.25) is 5.89 Å². The Morgan fingerprint density at radius 3 is 2.11 bits per heavy atom. The first kappa shape index (κ1) is 30.7. The van der Waals surface area contributed by atoms with Crippen LogP contribution in [-0.4, -0.2) is 4.98 Å². The van der Waals surface area contributed by atoms with Gasteiger partial charge in [-0.05, 0) is 93.2 Å². The van der Waals surface area contributed by atoms with Gasteiger partial charge in [-0.25, -0.2) is 4.98 Å². The maximum atomic E-state index is 6.64. The van der Waals surface area contributed by atoms with Crippen LogP contribution < -0.4 is 4.90 Å². The normalized spacial score (nSPS) is 13.1. The zero-order chi connectivity index (χ0) is 36.0. The molecule has 0 atom stereocenters. The Kier molecular flexibility index (Phi) is 6.56. The van der Waals surface area contributed by atoms with Crippen molar-refractivity contribution in [3.05, 3.63) is 181 Å². The zero-order valence-electron chi connectivity index (χ0n) is 29.9. The maximum Gasteiger partial charge on any atom is 0.227 e. The van der Waals surface area contributed by atoms with E-state index in [9.17, 15) is 0 Å². The molecule has 0 radical (unpaired) electrons. The van der Waals surface area contributed by atoms with Crippen LogP contribution in [0.3, 0.4) is 0 Å². The lowest BCUT2D eigenvalue weighted by atomic mass is 9.82. The standard InChI is InChI=1S/C50H34N2O2/c1-50(2)41-19-9-8-18-39(41)48-42(50)20-11-21-44(48)52(36-17-10-16-34(27-36)35-23-22-31-12-6-7-15-33(31)26-35)37-24-25-38-40-29-43-47(30-46(40)53-45(38)28-37)54-49(51-43)32-13-4-3-5-14-32/h3-30H,1-2H3. The van der Waals surface area contributed by atoms with Gasteiger partial charge in [-0.1, -0.05) is 117 Å². The van der Waals surface area contributed by atoms with E-state index in [0.29, 0.717) is 11.5 Å². The van der Waals surface area contributed by atoms with Crippen molar-refractivity contribution in [2.24, 2.45) is 0 Å². The molecule has 4 nitrogen and oxygen atoms in total. The van der Waals surface area contributed by atoms with Gasteiger partial charge in [-0.2, -0.15) is 0 Å². The number of rotatable bonds is 5. The van der Waals surface area contributed by atoms with Crippen LogP contribution in [-0.2, 0) is 5.41 Å². The van der Waals surface area contributed by atoms with Crippen molar-refractivity contribution in [3.63, 3.8) is 0 Å². The van der Waals surface area contributed by atoms with E-state index < -0.39 is 0 Å². The molecule has 0 N–H and O–H groups in total. The quantitative estimate of drug-likeness (QED) is 0.180. The summed E-state index contributed by atoms with van der Waals surface area (Å²) in [5, 5.41) is 4.51. The molecule has 1 aliphatic carbocycles. The van der Waals surface area contributed by atoms with Gasteiger partial charge in [-0.3, -0.25) is 0 Å². The molecule has 10 aromatic rings. The van der Waals surface area contributed by atoms with Crippen LogP contribution >= 0.6 is 0 Å². The van der Waals surface area contributed by atoms with Crippen molar-refractivity contribution >= 4 is 60.9 Å². The Morgan fingerprint density at radius 2 is 1.20 bits per heavy atom. The number of fused-ring (bicyclic) bond motifs is 8. The minimum Gasteiger partial charge on any atom is -0.456 e. The molecule has 1 aliphatic rings. The molecule has 0 aliphatic heterocycles. The number of nitrogens with zero attached hydrogens (tertiary/aromatic N) is 2. The van der Waals surface area contributed by atoms with Crippen molar-refractivity contribution in [1.82, 2.24) is 4.98 Å². The van der Waals surface area contributed by atoms with Gasteiger partial charge in [0.1, 0.15) is 16.7 Å². The Labute approximate surface area is 312 Å². The van der Waals surface area contributed by atoms with Gasteiger partial charge < -0.3 is 13.7 Å². The Morgan fingerprint density at radius 1 is 0.481 bits per heavy atom. The molecule has 0 saturated heterocycles. The van der Waals surface area contributed by atoms with Crippen LogP contribution in [0.4, 0.5) is 17.1 Å². The Hall–Kier alpha value is -6.91. The van der Waals surface area contributed by atoms with Gasteiger partial charge in [0.25, 0.3) is 0 Å². The molecule has 11 rings (SSSR count). The zero-order valence-corrected chi connectivity index (χ0v) is 29.9. The Balaban J connectivity index is 1.10. The van der Waals surface area contributed by atoms with Crippen LogP contribution in [0.5, 0.6) is 0 Å². The highest BCUT2D eigenvalue weighted by molar-refractivity contribution is 6.10. The lowest BCUT2D eigenvalue weighted by molar-refractivity contribution is 0.617. The number of anilines is 3. The molecule has 2 heterocycles. The molecule has 0 spiro atoms. The maximum absolute atomic E-state index is 6.64. The second kappa shape index (κ2) is 11.5. The molecule has 0 amide bonds. The lowest BCUT2D eigenvalue weighted by Gasteiger charge is -2.29. The largest absolute Gasteiger partial charge is 0.456 e. The van der Waals surface area contributed by atoms with E-state index >= 15 is 0 Å². The fraction of sp³-hybridized carbons (Fsp3) is 0.0600. The average molecular weight is 695 g/mol. The number of hydrogen-bond donors (Lipinski definition) is 0. The topological polar surface area (TPSA) is 42.4 Å². The summed E-state index contributed by atoms with van der Waals surface area (Å²) in [6.07, 6.45) is 0. The third-order valence-corrected chi connectivity index (χ3v) is 11.3. The van der Waals surface area contributed by atoms with Gasteiger partial charge in [0, 0.05) is 50.8 Å². The molecule has 0 unspecified atom stereocenters. The third-order valence-electron chi connectivity index (χ3n) is 11.3. The van der Waals surface area contributed by atoms with Crippen molar-refractivity contribution in [2.45, 2.75) is 19.3 Å². The second-order valence-electron chi connectivity index (χ2n) is 14.8. The smallest absolute Gasteiger partial charge is 0.227 e. The minimum absolute atomic E-state index is 0.130. The molecule has 54 heavy (non-hydrogen) atoms. The van der Waals surface area contributed by atoms with Crippen molar-refractivity contribution in [2.75, 3.05) is 4.90 Å². The number of aromatic nitrogens is 1. The lowest BCUT2D eigenvalue weighted by Crippen LogP contribution is -2.16. The summed E-state index contributed by atoms with van der Waals surface area (Å²) < 4.78 is 12.9. The SMILES string of the molecule is CC1(C)c2ccccc2-c2c(N(c3cccc(-c4ccc5ccccc5c4)c3)c3ccc4c(c3)oc3cc5oc(-c6ccccc6)nc5cc34)cccc21. The van der Waals surface area contributed by atoms with E-state index in [0.717, 1.165) is 55.6 Å². The highest BCUT2D eigenvalue weighted by Crippen LogP contribution is 2.54. The minimum atomic E-state index is -0.130. The molecule has 0 fully saturated rings. The van der Waals surface area contributed by atoms with Crippen LogP contribution in [0.15, 0.2) is 179 Å². The highest BCUT2D eigenvalue weighted by atomic mass is 16.4. The first-order valence-corrected chi connectivity index (χ1v) is 18.4. The summed E-state index contributed by atoms with van der Waals surface area (Å²) >= 11 is 0. The van der Waals surface area contributed by atoms with Crippen LogP contribution in [0.2, 0.25) is 0 Å². The predicted molar refractivity (Wildman–Crippen MR) is 222 cm³/mol. The molecule has 0 saturated carbocycles. The van der Waals surface area contributed by atoms with Crippen LogP contribution in [0, 0.1) is 0 Å². The van der Waals surface area contributed by atoms with E-state index in [-0.39, 0.29) is 5.41 Å². The van der Waals surface area contributed by atoms with Gasteiger partial charge >= 0.3 is 0 Å². The molecular weight excluding hydrogens is 661 g/mol.